The zero-order chi connectivity index (χ0) is 14.0. The van der Waals surface area contributed by atoms with Gasteiger partial charge < -0.3 is 4.74 Å². The lowest BCUT2D eigenvalue weighted by molar-refractivity contribution is 0.0525. The van der Waals surface area contributed by atoms with E-state index in [0.717, 1.165) is 5.56 Å². The average molecular weight is 316 g/mol. The van der Waals surface area contributed by atoms with Crippen molar-refractivity contribution in [2.75, 3.05) is 6.61 Å². The van der Waals surface area contributed by atoms with E-state index < -0.39 is 0 Å². The molecule has 0 unspecified atom stereocenters. The number of thiophene rings is 1. The number of hydrogen-bond acceptors (Lipinski definition) is 4. The Morgan fingerprint density at radius 1 is 1.42 bits per heavy atom. The lowest BCUT2D eigenvalue weighted by Gasteiger charge is -2.06. The molecule has 0 aromatic carbocycles. The number of hydrogen-bond donors (Lipinski definition) is 0. The molecule has 0 N–H and O–H groups in total. The molecule has 0 spiro atoms. The minimum atomic E-state index is -0.367. The molecule has 19 heavy (non-hydrogen) atoms. The zero-order valence-electron chi connectivity index (χ0n) is 10.4. The third-order valence-corrected chi connectivity index (χ3v) is 4.00. The Bertz CT molecular complexity index is 625. The maximum Gasteiger partial charge on any atom is 0.339 e. The number of aromatic nitrogens is 1. The van der Waals surface area contributed by atoms with Gasteiger partial charge in [-0.2, -0.15) is 0 Å². The molecule has 0 aliphatic heterocycles. The smallest absolute Gasteiger partial charge is 0.339 e. The number of ether oxygens (including phenoxy) is 1. The van der Waals surface area contributed by atoms with Crippen LogP contribution in [0.2, 0.25) is 8.67 Å². The minimum Gasteiger partial charge on any atom is -0.462 e. The van der Waals surface area contributed by atoms with Crippen LogP contribution in [0.4, 0.5) is 0 Å². The Kier molecular flexibility index (Phi) is 4.45. The molecule has 2 aromatic heterocycles. The number of carbonyl (C=O) groups excluding carboxylic acids is 1. The molecular formula is C13H11Cl2NO2S. The van der Waals surface area contributed by atoms with Crippen molar-refractivity contribution in [1.82, 2.24) is 4.98 Å². The molecule has 0 atom stereocenters. The van der Waals surface area contributed by atoms with E-state index in [4.69, 9.17) is 27.9 Å². The Hall–Kier alpha value is -1.10. The van der Waals surface area contributed by atoms with Gasteiger partial charge in [-0.25, -0.2) is 4.79 Å². The molecule has 0 aliphatic rings. The van der Waals surface area contributed by atoms with Crippen LogP contribution < -0.4 is 0 Å². The van der Waals surface area contributed by atoms with Gasteiger partial charge in [-0.15, -0.1) is 11.3 Å². The summed E-state index contributed by atoms with van der Waals surface area (Å²) in [5.41, 5.74) is 2.53. The summed E-state index contributed by atoms with van der Waals surface area (Å²) in [4.78, 5) is 16.1. The van der Waals surface area contributed by atoms with Crippen LogP contribution in [0.5, 0.6) is 0 Å². The Labute approximate surface area is 125 Å². The van der Waals surface area contributed by atoms with Gasteiger partial charge in [-0.05, 0) is 32.0 Å². The first-order valence-corrected chi connectivity index (χ1v) is 7.20. The fraction of sp³-hybridized carbons (Fsp3) is 0.231. The summed E-state index contributed by atoms with van der Waals surface area (Å²) in [6.07, 6.45) is 0. The van der Waals surface area contributed by atoms with Crippen molar-refractivity contribution in [1.29, 1.82) is 0 Å². The van der Waals surface area contributed by atoms with Crippen LogP contribution in [0.3, 0.4) is 0 Å². The predicted octanol–water partition coefficient (Wildman–Crippen LogP) is 4.60. The van der Waals surface area contributed by atoms with Crippen molar-refractivity contribution < 1.29 is 9.53 Å². The number of pyridine rings is 1. The molecule has 2 heterocycles. The van der Waals surface area contributed by atoms with Gasteiger partial charge in [0, 0.05) is 5.56 Å². The van der Waals surface area contributed by atoms with Crippen LogP contribution in [0.15, 0.2) is 18.2 Å². The number of halogens is 2. The van der Waals surface area contributed by atoms with Crippen LogP contribution in [0.1, 0.15) is 23.0 Å². The van der Waals surface area contributed by atoms with Gasteiger partial charge >= 0.3 is 5.97 Å². The fourth-order valence-electron chi connectivity index (χ4n) is 1.65. The molecule has 6 heteroatoms. The molecule has 3 nitrogen and oxygen atoms in total. The molecule has 0 saturated carbocycles. The highest BCUT2D eigenvalue weighted by atomic mass is 35.5. The summed E-state index contributed by atoms with van der Waals surface area (Å²) in [7, 11) is 0. The standard InChI is InChI=1S/C13H11Cl2NO2S/c1-3-18-13(17)8-4-5-10(16-7(8)2)9-6-11(14)19-12(9)15/h4-6H,3H2,1-2H3. The van der Waals surface area contributed by atoms with E-state index in [2.05, 4.69) is 4.98 Å². The SMILES string of the molecule is CCOC(=O)c1ccc(-c2cc(Cl)sc2Cl)nc1C. The van der Waals surface area contributed by atoms with Crippen molar-refractivity contribution in [3.8, 4) is 11.3 Å². The Balaban J connectivity index is 2.39. The van der Waals surface area contributed by atoms with Gasteiger partial charge in [0.25, 0.3) is 0 Å². The maximum atomic E-state index is 11.7. The van der Waals surface area contributed by atoms with Crippen molar-refractivity contribution >= 4 is 40.5 Å². The van der Waals surface area contributed by atoms with E-state index >= 15 is 0 Å². The van der Waals surface area contributed by atoms with Gasteiger partial charge in [0.15, 0.2) is 0 Å². The molecule has 0 bridgehead atoms. The van der Waals surface area contributed by atoms with E-state index in [-0.39, 0.29) is 5.97 Å². The van der Waals surface area contributed by atoms with Gasteiger partial charge in [0.05, 0.1) is 27.9 Å². The molecule has 2 aromatic rings. The molecule has 0 fully saturated rings. The molecule has 0 saturated heterocycles. The van der Waals surface area contributed by atoms with Gasteiger partial charge in [0.2, 0.25) is 0 Å². The molecule has 2 rings (SSSR count). The van der Waals surface area contributed by atoms with E-state index in [0.29, 0.717) is 32.2 Å². The van der Waals surface area contributed by atoms with Crippen molar-refractivity contribution in [2.45, 2.75) is 13.8 Å². The number of esters is 1. The minimum absolute atomic E-state index is 0.339. The third kappa shape index (κ3) is 3.08. The van der Waals surface area contributed by atoms with Gasteiger partial charge in [-0.1, -0.05) is 23.2 Å². The highest BCUT2D eigenvalue weighted by molar-refractivity contribution is 7.20. The highest BCUT2D eigenvalue weighted by Crippen LogP contribution is 2.37. The normalized spacial score (nSPS) is 10.5. The summed E-state index contributed by atoms with van der Waals surface area (Å²) in [6, 6.07) is 5.20. The molecule has 0 amide bonds. The second-order valence-electron chi connectivity index (χ2n) is 3.79. The first kappa shape index (κ1) is 14.3. The third-order valence-electron chi connectivity index (χ3n) is 2.51. The molecule has 0 radical (unpaired) electrons. The molecular weight excluding hydrogens is 305 g/mol. The van der Waals surface area contributed by atoms with E-state index in [9.17, 15) is 4.79 Å². The maximum absolute atomic E-state index is 11.7. The fourth-order valence-corrected chi connectivity index (χ4v) is 3.13. The second kappa shape index (κ2) is 5.90. The Morgan fingerprint density at radius 2 is 2.16 bits per heavy atom. The van der Waals surface area contributed by atoms with Crippen LogP contribution in [-0.2, 0) is 4.74 Å². The molecule has 0 aliphatic carbocycles. The van der Waals surface area contributed by atoms with E-state index in [1.54, 1.807) is 32.0 Å². The second-order valence-corrected chi connectivity index (χ2v) is 6.07. The first-order valence-electron chi connectivity index (χ1n) is 5.63. The quantitative estimate of drug-likeness (QED) is 0.777. The van der Waals surface area contributed by atoms with Crippen molar-refractivity contribution in [2.24, 2.45) is 0 Å². The Morgan fingerprint density at radius 3 is 2.68 bits per heavy atom. The summed E-state index contributed by atoms with van der Waals surface area (Å²) in [6.45, 7) is 3.87. The molecule has 100 valence electrons. The predicted molar refractivity (Wildman–Crippen MR) is 78.3 cm³/mol. The van der Waals surface area contributed by atoms with Crippen LogP contribution in [-0.4, -0.2) is 17.6 Å². The van der Waals surface area contributed by atoms with Crippen LogP contribution >= 0.6 is 34.5 Å². The van der Waals surface area contributed by atoms with Gasteiger partial charge in [0.1, 0.15) is 4.34 Å². The van der Waals surface area contributed by atoms with Crippen molar-refractivity contribution in [3.05, 3.63) is 38.1 Å². The largest absolute Gasteiger partial charge is 0.462 e. The number of carbonyl (C=O) groups is 1. The highest BCUT2D eigenvalue weighted by Gasteiger charge is 2.14. The summed E-state index contributed by atoms with van der Waals surface area (Å²) in [5, 5.41) is 0. The van der Waals surface area contributed by atoms with E-state index in [1.165, 1.54) is 11.3 Å². The zero-order valence-corrected chi connectivity index (χ0v) is 12.7. The lowest BCUT2D eigenvalue weighted by Crippen LogP contribution is -2.08. The van der Waals surface area contributed by atoms with E-state index in [1.807, 2.05) is 0 Å². The first-order chi connectivity index (χ1) is 9.02. The van der Waals surface area contributed by atoms with Gasteiger partial charge in [-0.3, -0.25) is 4.98 Å². The summed E-state index contributed by atoms with van der Waals surface area (Å²) >= 11 is 13.3. The van der Waals surface area contributed by atoms with Crippen LogP contribution in [0, 0.1) is 6.92 Å². The summed E-state index contributed by atoms with van der Waals surface area (Å²) < 4.78 is 6.15. The number of rotatable bonds is 3. The average Bonchev–Trinajstić information content (AvgIpc) is 2.68. The number of nitrogens with zero attached hydrogens (tertiary/aromatic N) is 1. The monoisotopic (exact) mass is 315 g/mol. The van der Waals surface area contributed by atoms with Crippen LogP contribution in [0.25, 0.3) is 11.3 Å². The lowest BCUT2D eigenvalue weighted by atomic mass is 10.1. The topological polar surface area (TPSA) is 39.2 Å². The summed E-state index contributed by atoms with van der Waals surface area (Å²) in [5.74, 6) is -0.367. The van der Waals surface area contributed by atoms with Crippen molar-refractivity contribution in [3.63, 3.8) is 0 Å². The number of aryl methyl sites for hydroxylation is 1.